The van der Waals surface area contributed by atoms with Gasteiger partial charge in [0.2, 0.25) is 5.91 Å². The Morgan fingerprint density at radius 3 is 2.43 bits per heavy atom. The van der Waals surface area contributed by atoms with E-state index >= 15 is 0 Å². The van der Waals surface area contributed by atoms with E-state index in [4.69, 9.17) is 4.74 Å². The van der Waals surface area contributed by atoms with Crippen LogP contribution >= 0.6 is 0 Å². The maximum Gasteiger partial charge on any atom is 0.241 e. The summed E-state index contributed by atoms with van der Waals surface area (Å²) >= 11 is 0. The van der Waals surface area contributed by atoms with Gasteiger partial charge in [-0.2, -0.15) is 0 Å². The molecule has 0 radical (unpaired) electrons. The Labute approximate surface area is 127 Å². The minimum atomic E-state index is -0.204. The molecule has 2 N–H and O–H groups in total. The van der Waals surface area contributed by atoms with Crippen LogP contribution in [0.2, 0.25) is 0 Å². The summed E-state index contributed by atoms with van der Waals surface area (Å²) in [6, 6.07) is 7.98. The zero-order chi connectivity index (χ0) is 15.2. The van der Waals surface area contributed by atoms with Crippen LogP contribution in [0, 0.1) is 12.8 Å². The molecule has 2 unspecified atom stereocenters. The summed E-state index contributed by atoms with van der Waals surface area (Å²) in [6.45, 7) is 7.78. The first-order valence-corrected chi connectivity index (χ1v) is 7.77. The molecule has 4 heteroatoms. The Bertz CT molecular complexity index is 452. The molecule has 1 aliphatic heterocycles. The van der Waals surface area contributed by atoms with Crippen molar-refractivity contribution in [2.45, 2.75) is 45.7 Å². The van der Waals surface area contributed by atoms with E-state index in [9.17, 15) is 4.79 Å². The van der Waals surface area contributed by atoms with Crippen LogP contribution in [-0.4, -0.2) is 31.2 Å². The van der Waals surface area contributed by atoms with E-state index in [1.807, 2.05) is 38.1 Å². The molecule has 1 fully saturated rings. The molecule has 0 spiro atoms. The number of benzene rings is 1. The van der Waals surface area contributed by atoms with E-state index in [1.54, 1.807) is 0 Å². The Morgan fingerprint density at radius 1 is 1.19 bits per heavy atom. The SMILES string of the molecule is Cc1ccc(NC(=O)C(C)NC(C)C2CCOCC2)cc1. The number of hydrogen-bond donors (Lipinski definition) is 2. The summed E-state index contributed by atoms with van der Waals surface area (Å²) in [7, 11) is 0. The molecular weight excluding hydrogens is 264 g/mol. The number of carbonyl (C=O) groups is 1. The fourth-order valence-corrected chi connectivity index (χ4v) is 2.71. The van der Waals surface area contributed by atoms with Crippen molar-refractivity contribution in [1.29, 1.82) is 0 Å². The molecule has 1 saturated heterocycles. The number of nitrogens with one attached hydrogen (secondary N) is 2. The second-order valence-corrected chi connectivity index (χ2v) is 5.98. The van der Waals surface area contributed by atoms with Crippen molar-refractivity contribution < 1.29 is 9.53 Å². The first-order chi connectivity index (χ1) is 10.1. The third-order valence-electron chi connectivity index (χ3n) is 4.20. The molecule has 1 aromatic carbocycles. The topological polar surface area (TPSA) is 50.4 Å². The van der Waals surface area contributed by atoms with E-state index in [1.165, 1.54) is 5.56 Å². The molecule has 2 rings (SSSR count). The highest BCUT2D eigenvalue weighted by molar-refractivity contribution is 5.94. The Balaban J connectivity index is 1.82. The highest BCUT2D eigenvalue weighted by Gasteiger charge is 2.23. The molecule has 0 aliphatic carbocycles. The predicted molar refractivity (Wildman–Crippen MR) is 85.4 cm³/mol. The molecule has 1 heterocycles. The van der Waals surface area contributed by atoms with Crippen LogP contribution in [0.5, 0.6) is 0 Å². The molecule has 4 nitrogen and oxygen atoms in total. The van der Waals surface area contributed by atoms with Gasteiger partial charge in [-0.15, -0.1) is 0 Å². The zero-order valence-electron chi connectivity index (χ0n) is 13.2. The number of hydrogen-bond acceptors (Lipinski definition) is 3. The second kappa shape index (κ2) is 7.57. The Morgan fingerprint density at radius 2 is 1.81 bits per heavy atom. The average molecular weight is 290 g/mol. The molecule has 21 heavy (non-hydrogen) atoms. The van der Waals surface area contributed by atoms with Gasteiger partial charge < -0.3 is 15.4 Å². The quantitative estimate of drug-likeness (QED) is 0.876. The maximum atomic E-state index is 12.2. The van der Waals surface area contributed by atoms with Crippen molar-refractivity contribution >= 4 is 11.6 Å². The van der Waals surface area contributed by atoms with Gasteiger partial charge in [-0.05, 0) is 51.7 Å². The van der Waals surface area contributed by atoms with E-state index in [0.717, 1.165) is 31.7 Å². The fraction of sp³-hybridized carbons (Fsp3) is 0.588. The van der Waals surface area contributed by atoms with Gasteiger partial charge in [-0.1, -0.05) is 17.7 Å². The van der Waals surface area contributed by atoms with Crippen molar-refractivity contribution in [3.05, 3.63) is 29.8 Å². The van der Waals surface area contributed by atoms with Gasteiger partial charge in [0.05, 0.1) is 6.04 Å². The third-order valence-corrected chi connectivity index (χ3v) is 4.20. The van der Waals surface area contributed by atoms with E-state index in [-0.39, 0.29) is 11.9 Å². The van der Waals surface area contributed by atoms with Crippen LogP contribution < -0.4 is 10.6 Å². The summed E-state index contributed by atoms with van der Waals surface area (Å²) in [5.41, 5.74) is 2.03. The summed E-state index contributed by atoms with van der Waals surface area (Å²) in [5, 5.41) is 6.36. The van der Waals surface area contributed by atoms with Crippen LogP contribution in [0.25, 0.3) is 0 Å². The van der Waals surface area contributed by atoms with Crippen molar-refractivity contribution in [2.24, 2.45) is 5.92 Å². The zero-order valence-corrected chi connectivity index (χ0v) is 13.2. The Hall–Kier alpha value is -1.39. The minimum Gasteiger partial charge on any atom is -0.381 e. The number of aryl methyl sites for hydroxylation is 1. The second-order valence-electron chi connectivity index (χ2n) is 5.98. The molecule has 116 valence electrons. The van der Waals surface area contributed by atoms with Gasteiger partial charge in [0.25, 0.3) is 0 Å². The summed E-state index contributed by atoms with van der Waals surface area (Å²) in [5.74, 6) is 0.603. The summed E-state index contributed by atoms with van der Waals surface area (Å²) in [4.78, 5) is 12.2. The first-order valence-electron chi connectivity index (χ1n) is 7.77. The molecule has 1 aromatic rings. The molecule has 2 atom stereocenters. The first kappa shape index (κ1) is 16.0. The lowest BCUT2D eigenvalue weighted by Crippen LogP contribution is -2.46. The van der Waals surface area contributed by atoms with E-state index < -0.39 is 0 Å². The highest BCUT2D eigenvalue weighted by atomic mass is 16.5. The van der Waals surface area contributed by atoms with Gasteiger partial charge in [-0.3, -0.25) is 4.79 Å². The average Bonchev–Trinajstić information content (AvgIpc) is 2.50. The monoisotopic (exact) mass is 290 g/mol. The van der Waals surface area contributed by atoms with E-state index in [0.29, 0.717) is 12.0 Å². The van der Waals surface area contributed by atoms with Crippen LogP contribution in [0.15, 0.2) is 24.3 Å². The van der Waals surface area contributed by atoms with Crippen molar-refractivity contribution in [3.8, 4) is 0 Å². The van der Waals surface area contributed by atoms with Crippen molar-refractivity contribution in [2.75, 3.05) is 18.5 Å². The maximum absolute atomic E-state index is 12.2. The minimum absolute atomic E-state index is 0.0118. The molecule has 1 aliphatic rings. The number of anilines is 1. The largest absolute Gasteiger partial charge is 0.381 e. The normalized spacial score (nSPS) is 19.0. The number of carbonyl (C=O) groups excluding carboxylic acids is 1. The molecule has 0 aromatic heterocycles. The van der Waals surface area contributed by atoms with Crippen LogP contribution in [-0.2, 0) is 9.53 Å². The van der Waals surface area contributed by atoms with Crippen molar-refractivity contribution in [3.63, 3.8) is 0 Å². The van der Waals surface area contributed by atoms with E-state index in [2.05, 4.69) is 17.6 Å². The molecule has 1 amide bonds. The van der Waals surface area contributed by atoms with Crippen LogP contribution in [0.4, 0.5) is 5.69 Å². The standard InChI is InChI=1S/C17H26N2O2/c1-12-4-6-16(7-5-12)19-17(20)14(3)18-13(2)15-8-10-21-11-9-15/h4-7,13-15,18H,8-11H2,1-3H3,(H,19,20). The third kappa shape index (κ3) is 4.83. The van der Waals surface area contributed by atoms with Crippen LogP contribution in [0.3, 0.4) is 0 Å². The lowest BCUT2D eigenvalue weighted by atomic mass is 9.92. The number of amides is 1. The molecule has 0 saturated carbocycles. The van der Waals surface area contributed by atoms with Gasteiger partial charge in [0.1, 0.15) is 0 Å². The number of ether oxygens (including phenoxy) is 1. The van der Waals surface area contributed by atoms with Gasteiger partial charge in [0.15, 0.2) is 0 Å². The summed E-state index contributed by atoms with van der Waals surface area (Å²) < 4.78 is 5.38. The predicted octanol–water partition coefficient (Wildman–Crippen LogP) is 2.73. The summed E-state index contributed by atoms with van der Waals surface area (Å²) in [6.07, 6.45) is 2.14. The van der Waals surface area contributed by atoms with Gasteiger partial charge in [0, 0.05) is 24.9 Å². The highest BCUT2D eigenvalue weighted by Crippen LogP contribution is 2.19. The lowest BCUT2D eigenvalue weighted by Gasteiger charge is -2.30. The smallest absolute Gasteiger partial charge is 0.241 e. The van der Waals surface area contributed by atoms with Crippen molar-refractivity contribution in [1.82, 2.24) is 5.32 Å². The van der Waals surface area contributed by atoms with Gasteiger partial charge >= 0.3 is 0 Å². The Kier molecular flexibility index (Phi) is 5.76. The fourth-order valence-electron chi connectivity index (χ4n) is 2.71. The lowest BCUT2D eigenvalue weighted by molar-refractivity contribution is -0.118. The van der Waals surface area contributed by atoms with Gasteiger partial charge in [-0.25, -0.2) is 0 Å². The number of rotatable bonds is 5. The molecular formula is C17H26N2O2. The molecule has 0 bridgehead atoms. The van der Waals surface area contributed by atoms with Crippen LogP contribution in [0.1, 0.15) is 32.3 Å².